The van der Waals surface area contributed by atoms with E-state index in [1.807, 2.05) is 32.0 Å². The van der Waals surface area contributed by atoms with E-state index in [4.69, 9.17) is 14.2 Å². The number of ether oxygens (including phenoxy) is 3. The summed E-state index contributed by atoms with van der Waals surface area (Å²) in [6.45, 7) is 6.01. The second kappa shape index (κ2) is 11.0. The number of nitrogens with one attached hydrogen (secondary N) is 1. The molecule has 0 aliphatic carbocycles. The molecule has 0 atom stereocenters. The number of nitrogens with zero attached hydrogens (tertiary/aromatic N) is 2. The highest BCUT2D eigenvalue weighted by atomic mass is 19.4. The fraction of sp³-hybridized carbons (Fsp3) is 0.333. The Bertz CT molecular complexity index is 1110. The van der Waals surface area contributed by atoms with E-state index in [2.05, 4.69) is 10.4 Å². The van der Waals surface area contributed by atoms with Gasteiger partial charge in [0.05, 0.1) is 18.9 Å². The minimum absolute atomic E-state index is 0.183. The molecule has 1 aromatic heterocycles. The molecule has 0 fully saturated rings. The first-order chi connectivity index (χ1) is 16.2. The molecule has 0 bridgehead atoms. The third-order valence-electron chi connectivity index (χ3n) is 4.64. The van der Waals surface area contributed by atoms with Gasteiger partial charge in [-0.15, -0.1) is 0 Å². The number of aryl methyl sites for hydroxylation is 1. The van der Waals surface area contributed by atoms with Crippen LogP contribution in [0, 0.1) is 6.92 Å². The van der Waals surface area contributed by atoms with Gasteiger partial charge in [-0.25, -0.2) is 0 Å². The van der Waals surface area contributed by atoms with E-state index in [-0.39, 0.29) is 12.3 Å². The minimum atomic E-state index is -4.59. The highest BCUT2D eigenvalue weighted by Gasteiger charge is 2.35. The fourth-order valence-corrected chi connectivity index (χ4v) is 3.22. The molecule has 1 heterocycles. The lowest BCUT2D eigenvalue weighted by Gasteiger charge is -2.13. The Labute approximate surface area is 195 Å². The Hall–Kier alpha value is -3.69. The summed E-state index contributed by atoms with van der Waals surface area (Å²) in [5, 5.41) is 6.32. The minimum Gasteiger partial charge on any atom is -0.490 e. The van der Waals surface area contributed by atoms with Gasteiger partial charge in [0.25, 0.3) is 0 Å². The highest BCUT2D eigenvalue weighted by molar-refractivity contribution is 5.90. The molecule has 0 radical (unpaired) electrons. The Balaban J connectivity index is 1.57. The maximum absolute atomic E-state index is 13.1. The average Bonchev–Trinajstić information content (AvgIpc) is 3.15. The molecule has 0 unspecified atom stereocenters. The summed E-state index contributed by atoms with van der Waals surface area (Å²) < 4.78 is 56.8. The van der Waals surface area contributed by atoms with Gasteiger partial charge in [-0.1, -0.05) is 6.07 Å². The number of benzene rings is 2. The lowest BCUT2D eigenvalue weighted by Crippen LogP contribution is -2.23. The number of anilines is 1. The maximum Gasteiger partial charge on any atom is 0.433 e. The van der Waals surface area contributed by atoms with Crippen LogP contribution in [0.5, 0.6) is 17.2 Å². The van der Waals surface area contributed by atoms with Crippen LogP contribution in [0.25, 0.3) is 0 Å². The van der Waals surface area contributed by atoms with Gasteiger partial charge in [0.15, 0.2) is 11.5 Å². The van der Waals surface area contributed by atoms with Crippen molar-refractivity contribution in [3.05, 3.63) is 65.5 Å². The first kappa shape index (κ1) is 24.9. The van der Waals surface area contributed by atoms with E-state index in [1.165, 1.54) is 6.92 Å². The molecule has 182 valence electrons. The summed E-state index contributed by atoms with van der Waals surface area (Å²) in [5.74, 6) is 1.25. The van der Waals surface area contributed by atoms with Crippen LogP contribution in [0.4, 0.5) is 18.9 Å². The van der Waals surface area contributed by atoms with Crippen LogP contribution in [-0.4, -0.2) is 28.9 Å². The smallest absolute Gasteiger partial charge is 0.433 e. The van der Waals surface area contributed by atoms with Gasteiger partial charge >= 0.3 is 6.18 Å². The van der Waals surface area contributed by atoms with Crippen LogP contribution in [0.2, 0.25) is 0 Å². The zero-order chi connectivity index (χ0) is 24.7. The van der Waals surface area contributed by atoms with Gasteiger partial charge in [-0.3, -0.25) is 9.48 Å². The average molecular weight is 477 g/mol. The number of carbonyl (C=O) groups excluding carboxylic acids is 1. The van der Waals surface area contributed by atoms with Crippen LogP contribution in [0.15, 0.2) is 48.5 Å². The third-order valence-corrected chi connectivity index (χ3v) is 4.64. The summed E-state index contributed by atoms with van der Waals surface area (Å²) in [5.41, 5.74) is 0.530. The van der Waals surface area contributed by atoms with E-state index in [1.54, 1.807) is 24.3 Å². The van der Waals surface area contributed by atoms with Crippen molar-refractivity contribution in [1.82, 2.24) is 9.78 Å². The second-order valence-electron chi connectivity index (χ2n) is 7.33. The van der Waals surface area contributed by atoms with Gasteiger partial charge in [-0.2, -0.15) is 18.3 Å². The molecule has 0 aliphatic heterocycles. The molecule has 3 aromatic rings. The van der Waals surface area contributed by atoms with E-state index in [0.29, 0.717) is 40.8 Å². The summed E-state index contributed by atoms with van der Waals surface area (Å²) in [6, 6.07) is 13.0. The quantitative estimate of drug-likeness (QED) is 0.433. The molecule has 0 saturated heterocycles. The molecule has 3 rings (SSSR count). The van der Waals surface area contributed by atoms with Crippen LogP contribution in [0.1, 0.15) is 30.8 Å². The third kappa shape index (κ3) is 6.66. The van der Waals surface area contributed by atoms with Gasteiger partial charge in [0.1, 0.15) is 24.6 Å². The summed E-state index contributed by atoms with van der Waals surface area (Å²) in [4.78, 5) is 12.2. The monoisotopic (exact) mass is 477 g/mol. The molecule has 0 aliphatic rings. The first-order valence-electron chi connectivity index (χ1n) is 10.7. The number of hydrogen-bond donors (Lipinski definition) is 1. The van der Waals surface area contributed by atoms with Gasteiger partial charge < -0.3 is 19.5 Å². The van der Waals surface area contributed by atoms with Crippen molar-refractivity contribution in [2.24, 2.45) is 0 Å². The van der Waals surface area contributed by atoms with Crippen LogP contribution >= 0.6 is 0 Å². The second-order valence-corrected chi connectivity index (χ2v) is 7.33. The Morgan fingerprint density at radius 3 is 2.29 bits per heavy atom. The van der Waals surface area contributed by atoms with Crippen LogP contribution < -0.4 is 19.5 Å². The first-order valence-corrected chi connectivity index (χ1v) is 10.7. The van der Waals surface area contributed by atoms with Crippen molar-refractivity contribution in [2.45, 2.75) is 40.1 Å². The Kier molecular flexibility index (Phi) is 8.04. The van der Waals surface area contributed by atoms with Gasteiger partial charge in [0.2, 0.25) is 5.91 Å². The van der Waals surface area contributed by atoms with Crippen molar-refractivity contribution >= 4 is 11.6 Å². The lowest BCUT2D eigenvalue weighted by molar-refractivity contribution is -0.144. The largest absolute Gasteiger partial charge is 0.490 e. The number of hydrogen-bond acceptors (Lipinski definition) is 5. The zero-order valence-electron chi connectivity index (χ0n) is 19.1. The normalized spacial score (nSPS) is 11.2. The predicted octanol–water partition coefficient (Wildman–Crippen LogP) is 5.23. The Morgan fingerprint density at radius 1 is 0.971 bits per heavy atom. The van der Waals surface area contributed by atoms with Crippen molar-refractivity contribution < 1.29 is 32.2 Å². The summed E-state index contributed by atoms with van der Waals surface area (Å²) >= 11 is 0. The van der Waals surface area contributed by atoms with E-state index >= 15 is 0 Å². The number of halogens is 3. The summed E-state index contributed by atoms with van der Waals surface area (Å²) in [7, 11) is 0. The highest BCUT2D eigenvalue weighted by Crippen LogP contribution is 2.30. The SMILES string of the molecule is CCOc1ccc(COc2ccc(NC(=O)Cn3nc(C)cc3C(F)(F)F)cc2)cc1OCC. The zero-order valence-corrected chi connectivity index (χ0v) is 19.1. The van der Waals surface area contributed by atoms with Gasteiger partial charge in [0, 0.05) is 5.69 Å². The van der Waals surface area contributed by atoms with Crippen molar-refractivity contribution in [1.29, 1.82) is 0 Å². The molecule has 1 N–H and O–H groups in total. The molecular formula is C24H26F3N3O4. The number of carbonyl (C=O) groups is 1. The molecule has 34 heavy (non-hydrogen) atoms. The van der Waals surface area contributed by atoms with E-state index in [9.17, 15) is 18.0 Å². The number of rotatable bonds is 10. The topological polar surface area (TPSA) is 74.6 Å². The number of amides is 1. The van der Waals surface area contributed by atoms with Crippen LogP contribution in [0.3, 0.4) is 0 Å². The number of alkyl halides is 3. The lowest BCUT2D eigenvalue weighted by atomic mass is 10.2. The number of aromatic nitrogens is 2. The molecule has 0 saturated carbocycles. The fourth-order valence-electron chi connectivity index (χ4n) is 3.22. The molecule has 2 aromatic carbocycles. The van der Waals surface area contributed by atoms with Gasteiger partial charge in [-0.05, 0) is 68.8 Å². The standard InChI is InChI=1S/C24H26F3N3O4/c1-4-32-20-11-6-17(13-21(20)33-5-2)15-34-19-9-7-18(8-10-19)28-23(31)14-30-22(24(25,26)27)12-16(3)29-30/h6-13H,4-5,14-15H2,1-3H3,(H,28,31). The van der Waals surface area contributed by atoms with Crippen molar-refractivity contribution in [3.63, 3.8) is 0 Å². The van der Waals surface area contributed by atoms with Crippen molar-refractivity contribution in [3.8, 4) is 17.2 Å². The maximum atomic E-state index is 13.1. The molecular weight excluding hydrogens is 451 g/mol. The molecule has 7 nitrogen and oxygen atoms in total. The van der Waals surface area contributed by atoms with Crippen molar-refractivity contribution in [2.75, 3.05) is 18.5 Å². The molecule has 0 spiro atoms. The molecule has 10 heteroatoms. The predicted molar refractivity (Wildman–Crippen MR) is 120 cm³/mol. The van der Waals surface area contributed by atoms with Crippen LogP contribution in [-0.2, 0) is 24.1 Å². The Morgan fingerprint density at radius 2 is 1.65 bits per heavy atom. The molecule has 1 amide bonds. The summed E-state index contributed by atoms with van der Waals surface area (Å²) in [6.07, 6.45) is -4.59. The van der Waals surface area contributed by atoms with E-state index < -0.39 is 24.3 Å². The van der Waals surface area contributed by atoms with E-state index in [0.717, 1.165) is 11.6 Å².